The molecule has 0 saturated heterocycles. The number of nitrogens with zero attached hydrogens (tertiary/aromatic N) is 3. The number of benzene rings is 2. The van der Waals surface area contributed by atoms with Crippen LogP contribution in [-0.2, 0) is 6.54 Å². The molecular formula is C14H11N3O2. The Hall–Kier alpha value is -2.69. The van der Waals surface area contributed by atoms with Crippen molar-refractivity contribution >= 4 is 17.0 Å². The van der Waals surface area contributed by atoms with Gasteiger partial charge >= 0.3 is 5.97 Å². The van der Waals surface area contributed by atoms with Crippen LogP contribution < -0.4 is 0 Å². The van der Waals surface area contributed by atoms with Gasteiger partial charge in [0, 0.05) is 0 Å². The van der Waals surface area contributed by atoms with Crippen LogP contribution in [0.4, 0.5) is 0 Å². The van der Waals surface area contributed by atoms with E-state index in [0.29, 0.717) is 12.1 Å². The van der Waals surface area contributed by atoms with E-state index >= 15 is 0 Å². The van der Waals surface area contributed by atoms with E-state index in [1.807, 2.05) is 36.4 Å². The van der Waals surface area contributed by atoms with Crippen LogP contribution in [0.2, 0.25) is 0 Å². The van der Waals surface area contributed by atoms with Gasteiger partial charge in [0.2, 0.25) is 0 Å². The minimum atomic E-state index is -0.989. The molecule has 5 heteroatoms. The predicted octanol–water partition coefficient (Wildman–Crippen LogP) is 2.18. The number of carboxylic acids is 1. The highest BCUT2D eigenvalue weighted by atomic mass is 16.4. The van der Waals surface area contributed by atoms with Crippen molar-refractivity contribution in [3.63, 3.8) is 0 Å². The van der Waals surface area contributed by atoms with E-state index in [-0.39, 0.29) is 5.56 Å². The van der Waals surface area contributed by atoms with Crippen LogP contribution >= 0.6 is 0 Å². The molecule has 0 saturated carbocycles. The third-order valence-corrected chi connectivity index (χ3v) is 2.95. The summed E-state index contributed by atoms with van der Waals surface area (Å²) in [6.45, 7) is 0.570. The molecule has 0 aliphatic heterocycles. The molecule has 1 aromatic heterocycles. The molecule has 0 unspecified atom stereocenters. The second-order valence-corrected chi connectivity index (χ2v) is 4.21. The molecule has 0 bridgehead atoms. The minimum Gasteiger partial charge on any atom is -0.478 e. The maximum absolute atomic E-state index is 11.1. The van der Waals surface area contributed by atoms with E-state index in [1.54, 1.807) is 10.7 Å². The third kappa shape index (κ3) is 2.06. The Balaban J connectivity index is 2.07. The van der Waals surface area contributed by atoms with Crippen molar-refractivity contribution in [2.75, 3.05) is 0 Å². The zero-order valence-electron chi connectivity index (χ0n) is 10.0. The highest BCUT2D eigenvalue weighted by Gasteiger charge is 2.13. The van der Waals surface area contributed by atoms with E-state index in [4.69, 9.17) is 5.11 Å². The Bertz CT molecular complexity index is 735. The summed E-state index contributed by atoms with van der Waals surface area (Å²) in [6, 6.07) is 14.9. The second kappa shape index (κ2) is 4.53. The summed E-state index contributed by atoms with van der Waals surface area (Å²) in [6.07, 6.45) is 0. The second-order valence-electron chi connectivity index (χ2n) is 4.21. The number of aromatic carboxylic acids is 1. The number of fused-ring (bicyclic) bond motifs is 1. The molecule has 0 aliphatic carbocycles. The van der Waals surface area contributed by atoms with Crippen molar-refractivity contribution in [2.45, 2.75) is 6.54 Å². The smallest absolute Gasteiger partial charge is 0.338 e. The van der Waals surface area contributed by atoms with Gasteiger partial charge in [0.05, 0.1) is 17.6 Å². The SMILES string of the molecule is O=C(O)c1cccc2c1nnn2Cc1ccccc1. The summed E-state index contributed by atoms with van der Waals surface area (Å²) in [7, 11) is 0. The summed E-state index contributed by atoms with van der Waals surface area (Å²) < 4.78 is 1.71. The van der Waals surface area contributed by atoms with Gasteiger partial charge < -0.3 is 5.11 Å². The standard InChI is InChI=1S/C14H11N3O2/c18-14(19)11-7-4-8-12-13(11)15-16-17(12)9-10-5-2-1-3-6-10/h1-8H,9H2,(H,18,19). The molecule has 0 fully saturated rings. The molecular weight excluding hydrogens is 242 g/mol. The summed E-state index contributed by atoms with van der Waals surface area (Å²) in [5, 5.41) is 17.1. The molecule has 0 spiro atoms. The first-order valence-electron chi connectivity index (χ1n) is 5.85. The van der Waals surface area contributed by atoms with Gasteiger partial charge in [-0.2, -0.15) is 0 Å². The molecule has 94 valence electrons. The van der Waals surface area contributed by atoms with Crippen molar-refractivity contribution < 1.29 is 9.90 Å². The first-order valence-corrected chi connectivity index (χ1v) is 5.85. The number of aromatic nitrogens is 3. The van der Waals surface area contributed by atoms with Crippen LogP contribution in [0.5, 0.6) is 0 Å². The molecule has 1 heterocycles. The normalized spacial score (nSPS) is 10.7. The first-order chi connectivity index (χ1) is 9.25. The highest BCUT2D eigenvalue weighted by molar-refractivity contribution is 6.00. The maximum atomic E-state index is 11.1. The number of hydrogen-bond acceptors (Lipinski definition) is 3. The molecule has 0 atom stereocenters. The van der Waals surface area contributed by atoms with Gasteiger partial charge in [0.15, 0.2) is 0 Å². The molecule has 3 aromatic rings. The Kier molecular flexibility index (Phi) is 2.72. The minimum absolute atomic E-state index is 0.178. The van der Waals surface area contributed by atoms with Crippen LogP contribution in [0.3, 0.4) is 0 Å². The fraction of sp³-hybridized carbons (Fsp3) is 0.0714. The van der Waals surface area contributed by atoms with Gasteiger partial charge in [0.25, 0.3) is 0 Å². The van der Waals surface area contributed by atoms with Crippen molar-refractivity contribution in [3.05, 3.63) is 59.7 Å². The van der Waals surface area contributed by atoms with Crippen molar-refractivity contribution in [3.8, 4) is 0 Å². The quantitative estimate of drug-likeness (QED) is 0.776. The molecule has 19 heavy (non-hydrogen) atoms. The monoisotopic (exact) mass is 253 g/mol. The van der Waals surface area contributed by atoms with E-state index in [9.17, 15) is 4.79 Å². The average Bonchev–Trinajstić information content (AvgIpc) is 2.83. The van der Waals surface area contributed by atoms with E-state index < -0.39 is 5.97 Å². The zero-order valence-corrected chi connectivity index (χ0v) is 10.0. The summed E-state index contributed by atoms with van der Waals surface area (Å²) >= 11 is 0. The lowest BCUT2D eigenvalue weighted by molar-refractivity contribution is 0.0699. The van der Waals surface area contributed by atoms with Gasteiger partial charge in [-0.1, -0.05) is 41.6 Å². The number of carboxylic acid groups (broad SMARTS) is 1. The molecule has 2 aromatic carbocycles. The van der Waals surface area contributed by atoms with Crippen molar-refractivity contribution in [2.24, 2.45) is 0 Å². The lowest BCUT2D eigenvalue weighted by atomic mass is 10.2. The average molecular weight is 253 g/mol. The maximum Gasteiger partial charge on any atom is 0.338 e. The van der Waals surface area contributed by atoms with Crippen LogP contribution in [0.25, 0.3) is 11.0 Å². The molecule has 3 rings (SSSR count). The molecule has 1 N–H and O–H groups in total. The van der Waals surface area contributed by atoms with Crippen molar-refractivity contribution in [1.29, 1.82) is 0 Å². The predicted molar refractivity (Wildman–Crippen MR) is 70.0 cm³/mol. The Morgan fingerprint density at radius 1 is 1.11 bits per heavy atom. The molecule has 5 nitrogen and oxygen atoms in total. The topological polar surface area (TPSA) is 68.0 Å². The summed E-state index contributed by atoms with van der Waals surface area (Å²) in [5.41, 5.74) is 2.42. The lowest BCUT2D eigenvalue weighted by Gasteiger charge is -2.02. The van der Waals surface area contributed by atoms with Crippen LogP contribution in [-0.4, -0.2) is 26.1 Å². The fourth-order valence-electron chi connectivity index (χ4n) is 2.04. The van der Waals surface area contributed by atoms with Crippen LogP contribution in [0.1, 0.15) is 15.9 Å². The fourth-order valence-corrected chi connectivity index (χ4v) is 2.04. The zero-order chi connectivity index (χ0) is 13.2. The van der Waals surface area contributed by atoms with Crippen LogP contribution in [0.15, 0.2) is 48.5 Å². The molecule has 0 radical (unpaired) electrons. The van der Waals surface area contributed by atoms with Gasteiger partial charge in [-0.3, -0.25) is 0 Å². The summed E-state index contributed by atoms with van der Waals surface area (Å²) in [5.74, 6) is -0.989. The number of hydrogen-bond donors (Lipinski definition) is 1. The van der Waals surface area contributed by atoms with Gasteiger partial charge in [0.1, 0.15) is 5.52 Å². The molecule has 0 amide bonds. The first kappa shape index (κ1) is 11.4. The van der Waals surface area contributed by atoms with Crippen molar-refractivity contribution in [1.82, 2.24) is 15.0 Å². The van der Waals surface area contributed by atoms with Gasteiger partial charge in [-0.25, -0.2) is 9.48 Å². The third-order valence-electron chi connectivity index (χ3n) is 2.95. The Morgan fingerprint density at radius 3 is 2.63 bits per heavy atom. The molecule has 0 aliphatic rings. The highest BCUT2D eigenvalue weighted by Crippen LogP contribution is 2.17. The summed E-state index contributed by atoms with van der Waals surface area (Å²) in [4.78, 5) is 11.1. The Morgan fingerprint density at radius 2 is 1.89 bits per heavy atom. The number of carbonyl (C=O) groups is 1. The van der Waals surface area contributed by atoms with Gasteiger partial charge in [-0.05, 0) is 17.7 Å². The van der Waals surface area contributed by atoms with Gasteiger partial charge in [-0.15, -0.1) is 5.10 Å². The Labute approximate surface area is 109 Å². The number of rotatable bonds is 3. The van der Waals surface area contributed by atoms with Crippen LogP contribution in [0, 0.1) is 0 Å². The van der Waals surface area contributed by atoms with E-state index in [1.165, 1.54) is 6.07 Å². The lowest BCUT2D eigenvalue weighted by Crippen LogP contribution is -2.02. The largest absolute Gasteiger partial charge is 0.478 e. The van der Waals surface area contributed by atoms with E-state index in [2.05, 4.69) is 10.3 Å². The van der Waals surface area contributed by atoms with E-state index in [0.717, 1.165) is 11.1 Å².